The van der Waals surface area contributed by atoms with E-state index >= 15 is 0 Å². The van der Waals surface area contributed by atoms with E-state index in [1.165, 1.54) is 4.31 Å². The maximum Gasteiger partial charge on any atom is 0.238 e. The lowest BCUT2D eigenvalue weighted by Gasteiger charge is -2.33. The van der Waals surface area contributed by atoms with Crippen LogP contribution in [0.1, 0.15) is 44.6 Å². The molecule has 0 aliphatic carbocycles. The van der Waals surface area contributed by atoms with Gasteiger partial charge in [0, 0.05) is 29.7 Å². The summed E-state index contributed by atoms with van der Waals surface area (Å²) in [5, 5.41) is 5.55. The summed E-state index contributed by atoms with van der Waals surface area (Å²) in [5.41, 5.74) is 1.66. The second-order valence-electron chi connectivity index (χ2n) is 6.99. The molecule has 0 saturated carbocycles. The van der Waals surface area contributed by atoms with Crippen molar-refractivity contribution in [3.05, 3.63) is 28.2 Å². The summed E-state index contributed by atoms with van der Waals surface area (Å²) in [5.74, 6) is -0.489. The van der Waals surface area contributed by atoms with Gasteiger partial charge in [-0.25, -0.2) is 8.42 Å². The summed E-state index contributed by atoms with van der Waals surface area (Å²) < 4.78 is 27.0. The lowest BCUT2D eigenvalue weighted by atomic mass is 10.0. The van der Waals surface area contributed by atoms with Crippen molar-refractivity contribution in [1.82, 2.24) is 9.62 Å². The first kappa shape index (κ1) is 22.8. The van der Waals surface area contributed by atoms with Crippen molar-refractivity contribution in [3.8, 4) is 0 Å². The normalized spacial score (nSPS) is 17.9. The number of hydrogen-bond acceptors (Lipinski definition) is 4. The molecule has 1 heterocycles. The van der Waals surface area contributed by atoms with Gasteiger partial charge >= 0.3 is 0 Å². The fourth-order valence-electron chi connectivity index (χ4n) is 3.23. The number of anilines is 1. The fraction of sp³-hybridized carbons (Fsp3) is 0.579. The smallest absolute Gasteiger partial charge is 0.238 e. The Labute approximate surface area is 175 Å². The minimum Gasteiger partial charge on any atom is -0.354 e. The number of piperidine rings is 1. The van der Waals surface area contributed by atoms with Crippen LogP contribution in [-0.2, 0) is 19.6 Å². The highest BCUT2D eigenvalue weighted by atomic mass is 79.9. The molecule has 28 heavy (non-hydrogen) atoms. The van der Waals surface area contributed by atoms with E-state index in [2.05, 4.69) is 26.6 Å². The van der Waals surface area contributed by atoms with Gasteiger partial charge < -0.3 is 10.6 Å². The molecule has 0 bridgehead atoms. The first-order valence-electron chi connectivity index (χ1n) is 9.58. The SMILES string of the molecule is CCCS(=O)(=O)N1CCCCC1C(=O)NCCC(=O)Nc1cc(Br)ccc1C. The average Bonchev–Trinajstić information content (AvgIpc) is 2.64. The maximum absolute atomic E-state index is 12.5. The molecule has 1 aromatic rings. The zero-order valence-corrected chi connectivity index (χ0v) is 18.7. The Morgan fingerprint density at radius 3 is 2.75 bits per heavy atom. The highest BCUT2D eigenvalue weighted by Gasteiger charge is 2.35. The Kier molecular flexibility index (Phi) is 8.45. The van der Waals surface area contributed by atoms with Crippen LogP contribution >= 0.6 is 15.9 Å². The molecule has 1 aromatic carbocycles. The van der Waals surface area contributed by atoms with E-state index in [0.29, 0.717) is 19.4 Å². The summed E-state index contributed by atoms with van der Waals surface area (Å²) in [6.07, 6.45) is 2.73. The molecular formula is C19H28BrN3O4S. The number of carbonyl (C=O) groups is 2. The van der Waals surface area contributed by atoms with E-state index < -0.39 is 16.1 Å². The van der Waals surface area contributed by atoms with E-state index in [9.17, 15) is 18.0 Å². The number of halogens is 1. The Morgan fingerprint density at radius 2 is 2.04 bits per heavy atom. The second-order valence-corrected chi connectivity index (χ2v) is 9.94. The van der Waals surface area contributed by atoms with Gasteiger partial charge in [0.2, 0.25) is 21.8 Å². The van der Waals surface area contributed by atoms with Crippen molar-refractivity contribution in [2.24, 2.45) is 0 Å². The lowest BCUT2D eigenvalue weighted by molar-refractivity contribution is -0.125. The minimum atomic E-state index is -3.43. The average molecular weight is 474 g/mol. The topological polar surface area (TPSA) is 95.6 Å². The van der Waals surface area contributed by atoms with Crippen LogP contribution in [0.2, 0.25) is 0 Å². The van der Waals surface area contributed by atoms with Crippen molar-refractivity contribution in [1.29, 1.82) is 0 Å². The van der Waals surface area contributed by atoms with E-state index in [1.807, 2.05) is 32.0 Å². The first-order chi connectivity index (χ1) is 13.2. The van der Waals surface area contributed by atoms with Crippen LogP contribution in [-0.4, -0.2) is 49.4 Å². The van der Waals surface area contributed by atoms with Crippen molar-refractivity contribution in [2.45, 2.75) is 52.0 Å². The molecule has 2 N–H and O–H groups in total. The fourth-order valence-corrected chi connectivity index (χ4v) is 5.34. The van der Waals surface area contributed by atoms with Crippen LogP contribution in [0.15, 0.2) is 22.7 Å². The third kappa shape index (κ3) is 6.28. The molecule has 7 nitrogen and oxygen atoms in total. The number of rotatable bonds is 8. The molecule has 2 amide bonds. The van der Waals surface area contributed by atoms with Crippen molar-refractivity contribution in [2.75, 3.05) is 24.2 Å². The van der Waals surface area contributed by atoms with E-state index in [0.717, 1.165) is 28.6 Å². The van der Waals surface area contributed by atoms with Crippen LogP contribution in [0.5, 0.6) is 0 Å². The van der Waals surface area contributed by atoms with Crippen molar-refractivity contribution >= 4 is 43.5 Å². The van der Waals surface area contributed by atoms with Crippen molar-refractivity contribution in [3.63, 3.8) is 0 Å². The van der Waals surface area contributed by atoms with Crippen LogP contribution in [0.4, 0.5) is 5.69 Å². The zero-order chi connectivity index (χ0) is 20.7. The molecule has 0 aromatic heterocycles. The third-order valence-corrected chi connectivity index (χ3v) is 7.27. The highest BCUT2D eigenvalue weighted by molar-refractivity contribution is 9.10. The van der Waals surface area contributed by atoms with E-state index in [-0.39, 0.29) is 30.5 Å². The highest BCUT2D eigenvalue weighted by Crippen LogP contribution is 2.22. The van der Waals surface area contributed by atoms with Crippen LogP contribution in [0.25, 0.3) is 0 Å². The maximum atomic E-state index is 12.5. The lowest BCUT2D eigenvalue weighted by Crippen LogP contribution is -2.52. The molecule has 1 aliphatic heterocycles. The number of aryl methyl sites for hydroxylation is 1. The van der Waals surface area contributed by atoms with Crippen LogP contribution in [0, 0.1) is 6.92 Å². The number of benzene rings is 1. The van der Waals surface area contributed by atoms with Crippen LogP contribution < -0.4 is 10.6 Å². The number of sulfonamides is 1. The molecule has 9 heteroatoms. The van der Waals surface area contributed by atoms with Gasteiger partial charge in [-0.2, -0.15) is 4.31 Å². The van der Waals surface area contributed by atoms with Gasteiger partial charge in [0.15, 0.2) is 0 Å². The number of amides is 2. The predicted octanol–water partition coefficient (Wildman–Crippen LogP) is 2.80. The largest absolute Gasteiger partial charge is 0.354 e. The van der Waals surface area contributed by atoms with Crippen molar-refractivity contribution < 1.29 is 18.0 Å². The monoisotopic (exact) mass is 473 g/mol. The van der Waals surface area contributed by atoms with E-state index in [1.54, 1.807) is 0 Å². The summed E-state index contributed by atoms with van der Waals surface area (Å²) in [6.45, 7) is 4.25. The molecule has 156 valence electrons. The molecular weight excluding hydrogens is 446 g/mol. The van der Waals surface area contributed by atoms with Gasteiger partial charge in [-0.05, 0) is 43.9 Å². The number of nitrogens with zero attached hydrogens (tertiary/aromatic N) is 1. The summed E-state index contributed by atoms with van der Waals surface area (Å²) in [7, 11) is -3.43. The molecule has 1 unspecified atom stereocenters. The number of hydrogen-bond donors (Lipinski definition) is 2. The number of carbonyl (C=O) groups excluding carboxylic acids is 2. The molecule has 1 aliphatic rings. The standard InChI is InChI=1S/C19H28BrN3O4S/c1-3-12-28(26,27)23-11-5-4-6-17(23)19(25)21-10-9-18(24)22-16-13-15(20)8-7-14(16)2/h7-8,13,17H,3-6,9-12H2,1-2H3,(H,21,25)(H,22,24). The molecule has 1 atom stereocenters. The van der Waals surface area contributed by atoms with E-state index in [4.69, 9.17) is 0 Å². The Bertz CT molecular complexity index is 813. The summed E-state index contributed by atoms with van der Waals surface area (Å²) >= 11 is 3.37. The van der Waals surface area contributed by atoms with Gasteiger partial charge in [0.1, 0.15) is 6.04 Å². The molecule has 2 rings (SSSR count). The quantitative estimate of drug-likeness (QED) is 0.606. The Morgan fingerprint density at radius 1 is 1.29 bits per heavy atom. The minimum absolute atomic E-state index is 0.0468. The predicted molar refractivity (Wildman–Crippen MR) is 114 cm³/mol. The van der Waals surface area contributed by atoms with Gasteiger partial charge in [0.05, 0.1) is 5.75 Å². The van der Waals surface area contributed by atoms with Gasteiger partial charge in [-0.1, -0.05) is 35.3 Å². The first-order valence-corrected chi connectivity index (χ1v) is 12.0. The molecule has 1 saturated heterocycles. The molecule has 1 fully saturated rings. The Hall–Kier alpha value is -1.45. The molecule has 0 spiro atoms. The number of nitrogens with one attached hydrogen (secondary N) is 2. The summed E-state index contributed by atoms with van der Waals surface area (Å²) in [6, 6.07) is 4.94. The van der Waals surface area contributed by atoms with Gasteiger partial charge in [0.25, 0.3) is 0 Å². The molecule has 0 radical (unpaired) electrons. The Balaban J connectivity index is 1.88. The van der Waals surface area contributed by atoms with Gasteiger partial charge in [-0.3, -0.25) is 9.59 Å². The second kappa shape index (κ2) is 10.4. The summed E-state index contributed by atoms with van der Waals surface area (Å²) in [4.78, 5) is 24.7. The van der Waals surface area contributed by atoms with Gasteiger partial charge in [-0.15, -0.1) is 0 Å². The zero-order valence-electron chi connectivity index (χ0n) is 16.3. The third-order valence-electron chi connectivity index (χ3n) is 4.70. The van der Waals surface area contributed by atoms with Crippen LogP contribution in [0.3, 0.4) is 0 Å².